The molecule has 1 aliphatic rings. The van der Waals surface area contributed by atoms with E-state index in [9.17, 15) is 4.79 Å². The summed E-state index contributed by atoms with van der Waals surface area (Å²) in [6.07, 6.45) is 1.19. The molecule has 1 heterocycles. The lowest BCUT2D eigenvalue weighted by atomic mass is 9.79. The molecule has 0 amide bonds. The highest BCUT2D eigenvalue weighted by Gasteiger charge is 2.76. The number of esters is 1. The molecule has 0 N–H and O–H groups in total. The first kappa shape index (κ1) is 35.1. The summed E-state index contributed by atoms with van der Waals surface area (Å²) in [6, 6.07) is 10.7. The van der Waals surface area contributed by atoms with Crippen molar-refractivity contribution in [2.24, 2.45) is 0 Å². The smallest absolute Gasteiger partial charge is 0.332 e. The largest absolute Gasteiger partial charge is 0.457 e. The van der Waals surface area contributed by atoms with Crippen LogP contribution < -0.4 is 0 Å². The van der Waals surface area contributed by atoms with E-state index in [0.717, 1.165) is 0 Å². The molecule has 0 bridgehead atoms. The first-order chi connectivity index (χ1) is 16.1. The topological polar surface area (TPSA) is 35.5 Å². The van der Waals surface area contributed by atoms with Crippen molar-refractivity contribution in [3.63, 3.8) is 0 Å². The van der Waals surface area contributed by atoms with E-state index < -0.39 is 21.7 Å². The Morgan fingerprint density at radius 2 is 1.22 bits per heavy atom. The number of hydrogen-bond donors (Lipinski definition) is 0. The molecule has 1 saturated heterocycles. The summed E-state index contributed by atoms with van der Waals surface area (Å²) in [5.41, 5.74) is 1.28. The lowest BCUT2D eigenvalue weighted by Gasteiger charge is -2.74. The van der Waals surface area contributed by atoms with Crippen LogP contribution in [0.1, 0.15) is 95.1 Å². The monoisotopic (exact) mass is 536 g/mol. The van der Waals surface area contributed by atoms with Gasteiger partial charge in [-0.3, -0.25) is 0 Å². The second-order valence-electron chi connectivity index (χ2n) is 13.7. The molecule has 0 atom stereocenters. The summed E-state index contributed by atoms with van der Waals surface area (Å²) >= 11 is 0. The van der Waals surface area contributed by atoms with Crippen molar-refractivity contribution >= 4 is 22.1 Å². The molecule has 1 aliphatic heterocycles. The van der Waals surface area contributed by atoms with E-state index in [-0.39, 0.29) is 22.7 Å². The van der Waals surface area contributed by atoms with Crippen molar-refractivity contribution in [1.29, 1.82) is 0 Å². The first-order valence-electron chi connectivity index (χ1n) is 13.9. The van der Waals surface area contributed by atoms with E-state index in [0.29, 0.717) is 10.1 Å². The molecule has 210 valence electrons. The van der Waals surface area contributed by atoms with Crippen molar-refractivity contribution < 1.29 is 14.3 Å². The predicted molar refractivity (Wildman–Crippen MR) is 165 cm³/mol. The third kappa shape index (κ3) is 5.59. The molecule has 0 spiro atoms. The van der Waals surface area contributed by atoms with E-state index in [1.807, 2.05) is 13.8 Å². The Hall–Kier alpha value is -0.916. The van der Waals surface area contributed by atoms with Crippen LogP contribution in [0.15, 0.2) is 30.3 Å². The van der Waals surface area contributed by atoms with Gasteiger partial charge in [-0.2, -0.15) is 0 Å². The van der Waals surface area contributed by atoms with Crippen molar-refractivity contribution in [3.05, 3.63) is 35.9 Å². The van der Waals surface area contributed by atoms with Gasteiger partial charge >= 0.3 is 5.97 Å². The van der Waals surface area contributed by atoms with Crippen LogP contribution in [0.2, 0.25) is 40.9 Å². The van der Waals surface area contributed by atoms with Gasteiger partial charge in [-0.25, -0.2) is 4.79 Å². The van der Waals surface area contributed by atoms with E-state index >= 15 is 0 Å². The Labute approximate surface area is 227 Å². The van der Waals surface area contributed by atoms with Gasteiger partial charge < -0.3 is 9.47 Å². The Kier molecular flexibility index (Phi) is 11.6. The van der Waals surface area contributed by atoms with E-state index in [1.165, 1.54) is 12.0 Å². The van der Waals surface area contributed by atoms with Gasteiger partial charge in [0.15, 0.2) is 0 Å². The highest BCUT2D eigenvalue weighted by atomic mass is 28.4. The maximum atomic E-state index is 12.4. The molecule has 5 heteroatoms. The summed E-state index contributed by atoms with van der Waals surface area (Å²) in [5.74, 6) is -0.245. The van der Waals surface area contributed by atoms with Gasteiger partial charge in [0, 0.05) is 7.11 Å². The molecule has 1 aromatic carbocycles. The predicted octanol–water partition coefficient (Wildman–Crippen LogP) is 9.65. The number of hydrogen-bond acceptors (Lipinski definition) is 3. The van der Waals surface area contributed by atoms with Crippen molar-refractivity contribution in [2.45, 2.75) is 141 Å². The van der Waals surface area contributed by atoms with E-state index in [1.54, 1.807) is 7.11 Å². The van der Waals surface area contributed by atoms with Gasteiger partial charge in [0.25, 0.3) is 0 Å². The van der Waals surface area contributed by atoms with Crippen molar-refractivity contribution in [3.8, 4) is 0 Å². The Morgan fingerprint density at radius 3 is 1.56 bits per heavy atom. The maximum Gasteiger partial charge on any atom is 0.332 e. The third-order valence-electron chi connectivity index (χ3n) is 11.7. The fourth-order valence-electron chi connectivity index (χ4n) is 6.04. The minimum atomic E-state index is -1.75. The van der Waals surface area contributed by atoms with Crippen LogP contribution in [0.3, 0.4) is 0 Å². The van der Waals surface area contributed by atoms with Crippen molar-refractivity contribution in [1.82, 2.24) is 0 Å². The zero-order valence-electron chi connectivity index (χ0n) is 27.0. The normalized spacial score (nSPS) is 22.1. The molecule has 1 fully saturated rings. The maximum absolute atomic E-state index is 12.4. The molecule has 0 aromatic heterocycles. The zero-order valence-corrected chi connectivity index (χ0v) is 29.0. The molecule has 3 nitrogen and oxygen atoms in total. The average Bonchev–Trinajstić information content (AvgIpc) is 2.80. The van der Waals surface area contributed by atoms with Crippen LogP contribution in [-0.2, 0) is 19.7 Å². The Balaban J connectivity index is 0.000000784. The second kappa shape index (κ2) is 11.9. The highest BCUT2D eigenvalue weighted by Crippen LogP contribution is 2.76. The molecule has 0 unspecified atom stereocenters. The minimum absolute atomic E-state index is 0.0229. The summed E-state index contributed by atoms with van der Waals surface area (Å²) < 4.78 is 11.6. The van der Waals surface area contributed by atoms with Crippen LogP contribution >= 0.6 is 0 Å². The van der Waals surface area contributed by atoms with Gasteiger partial charge in [0.1, 0.15) is 12.2 Å². The van der Waals surface area contributed by atoms with Gasteiger partial charge in [-0.15, -0.1) is 0 Å². The van der Waals surface area contributed by atoms with Crippen LogP contribution in [0.4, 0.5) is 0 Å². The molecular weight excluding hydrogens is 477 g/mol. The zero-order chi connectivity index (χ0) is 29.0. The number of carbonyl (C=O) groups excluding carboxylic acids is 1. The lowest BCUT2D eigenvalue weighted by molar-refractivity contribution is -0.172. The average molecular weight is 537 g/mol. The van der Waals surface area contributed by atoms with E-state index in [2.05, 4.69) is 126 Å². The van der Waals surface area contributed by atoms with Gasteiger partial charge in [0.2, 0.25) is 0 Å². The third-order valence-corrected chi connectivity index (χ3v) is 28.9. The van der Waals surface area contributed by atoms with Crippen LogP contribution in [0, 0.1) is 0 Å². The molecule has 0 radical (unpaired) electrons. The summed E-state index contributed by atoms with van der Waals surface area (Å²) in [6.45, 7) is 37.2. The summed E-state index contributed by atoms with van der Waals surface area (Å²) in [5, 5.41) is -0.0855. The lowest BCUT2D eigenvalue weighted by Crippen LogP contribution is -2.77. The van der Waals surface area contributed by atoms with Crippen molar-refractivity contribution in [2.75, 3.05) is 13.7 Å². The first-order valence-corrected chi connectivity index (χ1v) is 19.9. The van der Waals surface area contributed by atoms with Gasteiger partial charge in [-0.05, 0) is 39.1 Å². The van der Waals surface area contributed by atoms with Crippen LogP contribution in [-0.4, -0.2) is 41.4 Å². The Morgan fingerprint density at radius 1 is 0.833 bits per heavy atom. The second-order valence-corrected chi connectivity index (χ2v) is 25.7. The van der Waals surface area contributed by atoms with E-state index in [4.69, 9.17) is 9.47 Å². The molecule has 0 aliphatic carbocycles. The highest BCUT2D eigenvalue weighted by molar-refractivity contribution is 7.03. The van der Waals surface area contributed by atoms with Crippen LogP contribution in [0.5, 0.6) is 0 Å². The number of ether oxygens (including phenoxy) is 2. The minimum Gasteiger partial charge on any atom is -0.457 e. The fourth-order valence-corrected chi connectivity index (χ4v) is 20.5. The molecule has 36 heavy (non-hydrogen) atoms. The molecule has 1 aromatic rings. The molecule has 2 rings (SSSR count). The summed E-state index contributed by atoms with van der Waals surface area (Å²) in [4.78, 5) is 12.4. The van der Waals surface area contributed by atoms with Gasteiger partial charge in [-0.1, -0.05) is 133 Å². The molecular formula is C31H60O3Si2. The van der Waals surface area contributed by atoms with Gasteiger partial charge in [0.05, 0.1) is 16.1 Å². The number of carbonyl (C=O) groups is 1. The molecule has 0 saturated carbocycles. The summed E-state index contributed by atoms with van der Waals surface area (Å²) in [7, 11) is -1.96. The number of methoxy groups -OCH3 is 1. The quantitative estimate of drug-likeness (QED) is 0.277. The SMILES string of the molecule is CC.CCC(C)(C)c1ccccc1.COCC(=O)OC1(C)C(C)(C)[Si](C)(C)C(C)(C)[Si](C)(C)C1(C)C. The van der Waals surface area contributed by atoms with Crippen LogP contribution in [0.25, 0.3) is 0 Å². The fraction of sp³-hybridized carbons (Fsp3) is 0.774. The number of rotatable bonds is 5. The Bertz CT molecular complexity index is 807. The standard InChI is InChI=1S/C18H38O3Si2.C11H16.C2H6/c1-15(2)18(7,21-14(19)13-20-8)16(3,4)23(11,12)17(5,6)22(15,9)10;1-4-11(2,3)10-8-6-5-7-9-10;1-2/h13H2,1-12H3;5-9H,4H2,1-3H3;1-2H3. The number of benzene rings is 1.